The van der Waals surface area contributed by atoms with Gasteiger partial charge in [-0.3, -0.25) is 0 Å². The Balaban J connectivity index is 2.42. The van der Waals surface area contributed by atoms with Crippen LogP contribution in [-0.4, -0.2) is 15.0 Å². The van der Waals surface area contributed by atoms with E-state index in [0.29, 0.717) is 23.7 Å². The first-order valence-electron chi connectivity index (χ1n) is 11.7. The molecule has 0 saturated carbocycles. The summed E-state index contributed by atoms with van der Waals surface area (Å²) in [5, 5.41) is 15.6. The summed E-state index contributed by atoms with van der Waals surface area (Å²) in [5.41, 5.74) is 8.11. The molecule has 172 valence electrons. The van der Waals surface area contributed by atoms with Crippen molar-refractivity contribution in [3.8, 4) is 11.4 Å². The fraction of sp³-hybridized carbons (Fsp3) is 0.481. The number of rotatable bonds is 7. The summed E-state index contributed by atoms with van der Waals surface area (Å²) in [4.78, 5) is 0. The number of aliphatic hydroxyl groups excluding tert-OH is 1. The molecule has 0 fully saturated rings. The Hall–Kier alpha value is -1.73. The quantitative estimate of drug-likeness (QED) is 0.264. The lowest BCUT2D eigenvalue weighted by molar-refractivity contribution is -0.674. The van der Waals surface area contributed by atoms with Crippen molar-refractivity contribution in [2.75, 3.05) is 0 Å². The summed E-state index contributed by atoms with van der Waals surface area (Å²) in [5.74, 6) is 1.42. The van der Waals surface area contributed by atoms with E-state index in [1.54, 1.807) is 0 Å². The molecule has 0 bridgehead atoms. The van der Waals surface area contributed by atoms with E-state index in [9.17, 15) is 5.11 Å². The Kier molecular flexibility index (Phi) is 7.81. The van der Waals surface area contributed by atoms with Gasteiger partial charge in [0.25, 0.3) is 0 Å². The van der Waals surface area contributed by atoms with Crippen LogP contribution >= 0.6 is 22.6 Å². The molecule has 0 unspecified atom stereocenters. The van der Waals surface area contributed by atoms with E-state index in [-0.39, 0.29) is 6.61 Å². The SMILES string of the molecule is CC(C)c1cccc(C(C)C)c1-n1n[n+](-c2c(C(C)C)cccc2C(C)C)c(I)c1CO. The van der Waals surface area contributed by atoms with Gasteiger partial charge in [0.2, 0.25) is 9.39 Å². The Labute approximate surface area is 206 Å². The molecule has 0 spiro atoms. The van der Waals surface area contributed by atoms with Crippen LogP contribution in [-0.2, 0) is 6.61 Å². The van der Waals surface area contributed by atoms with Crippen molar-refractivity contribution in [3.05, 3.63) is 68.0 Å². The van der Waals surface area contributed by atoms with Crippen molar-refractivity contribution in [3.63, 3.8) is 0 Å². The zero-order chi connectivity index (χ0) is 23.7. The Morgan fingerprint density at radius 2 is 1.19 bits per heavy atom. The normalized spacial score (nSPS) is 12.1. The number of aromatic nitrogens is 3. The third-order valence-corrected chi connectivity index (χ3v) is 7.20. The van der Waals surface area contributed by atoms with Gasteiger partial charge in [-0.05, 0) is 23.7 Å². The van der Waals surface area contributed by atoms with E-state index in [0.717, 1.165) is 20.8 Å². The van der Waals surface area contributed by atoms with E-state index in [1.165, 1.54) is 22.3 Å². The van der Waals surface area contributed by atoms with E-state index in [1.807, 2.05) is 4.68 Å². The molecule has 0 atom stereocenters. The Bertz CT molecular complexity index is 1040. The number of halogens is 1. The Morgan fingerprint density at radius 1 is 0.781 bits per heavy atom. The van der Waals surface area contributed by atoms with Crippen LogP contribution in [0.2, 0.25) is 0 Å². The van der Waals surface area contributed by atoms with Crippen LogP contribution < -0.4 is 4.68 Å². The van der Waals surface area contributed by atoms with E-state index in [2.05, 4.69) is 119 Å². The number of benzene rings is 2. The van der Waals surface area contributed by atoms with Gasteiger partial charge in [-0.15, -0.1) is 0 Å². The molecule has 5 heteroatoms. The van der Waals surface area contributed by atoms with Gasteiger partial charge in [-0.1, -0.05) is 101 Å². The molecule has 0 aliphatic rings. The average Bonchev–Trinajstić information content (AvgIpc) is 3.07. The van der Waals surface area contributed by atoms with Gasteiger partial charge in [-0.25, -0.2) is 0 Å². The molecule has 0 radical (unpaired) electrons. The van der Waals surface area contributed by atoms with Gasteiger partial charge >= 0.3 is 0 Å². The predicted octanol–water partition coefficient (Wildman–Crippen LogP) is 6.74. The van der Waals surface area contributed by atoms with Crippen LogP contribution in [0.15, 0.2) is 36.4 Å². The first kappa shape index (κ1) is 24.9. The molecule has 0 aliphatic heterocycles. The summed E-state index contributed by atoms with van der Waals surface area (Å²) in [6, 6.07) is 13.1. The van der Waals surface area contributed by atoms with Gasteiger partial charge < -0.3 is 5.11 Å². The number of hydrogen-bond donors (Lipinski definition) is 1. The van der Waals surface area contributed by atoms with Gasteiger partial charge in [0.1, 0.15) is 11.8 Å². The molecule has 4 nitrogen and oxygen atoms in total. The maximum atomic E-state index is 10.5. The van der Waals surface area contributed by atoms with Crippen LogP contribution in [0, 0.1) is 3.70 Å². The molecule has 0 aliphatic carbocycles. The predicted molar refractivity (Wildman–Crippen MR) is 140 cm³/mol. The highest BCUT2D eigenvalue weighted by molar-refractivity contribution is 14.1. The van der Waals surface area contributed by atoms with E-state index >= 15 is 0 Å². The third kappa shape index (κ3) is 4.51. The van der Waals surface area contributed by atoms with Crippen LogP contribution in [0.1, 0.15) is 107 Å². The first-order chi connectivity index (χ1) is 15.1. The first-order valence-corrected chi connectivity index (χ1v) is 12.7. The highest BCUT2D eigenvalue weighted by Gasteiger charge is 2.33. The molecule has 1 N–H and O–H groups in total. The maximum absolute atomic E-state index is 10.5. The van der Waals surface area contributed by atoms with Crippen LogP contribution in [0.25, 0.3) is 11.4 Å². The van der Waals surface area contributed by atoms with Crippen molar-refractivity contribution < 1.29 is 9.79 Å². The molecule has 2 aromatic carbocycles. The molecule has 3 aromatic rings. The summed E-state index contributed by atoms with van der Waals surface area (Å²) >= 11 is 2.35. The second kappa shape index (κ2) is 10.0. The summed E-state index contributed by atoms with van der Waals surface area (Å²) in [7, 11) is 0. The van der Waals surface area contributed by atoms with Gasteiger partial charge in [0, 0.05) is 44.8 Å². The lowest BCUT2D eigenvalue weighted by Crippen LogP contribution is -2.39. The lowest BCUT2D eigenvalue weighted by atomic mass is 9.92. The zero-order valence-electron chi connectivity index (χ0n) is 20.6. The number of hydrogen-bond acceptors (Lipinski definition) is 2. The second-order valence-corrected chi connectivity index (χ2v) is 10.8. The van der Waals surface area contributed by atoms with Gasteiger partial charge in [-0.2, -0.15) is 0 Å². The summed E-state index contributed by atoms with van der Waals surface area (Å²) in [6.45, 7) is 17.7. The topological polar surface area (TPSA) is 41.9 Å². The van der Waals surface area contributed by atoms with Crippen LogP contribution in [0.3, 0.4) is 0 Å². The lowest BCUT2D eigenvalue weighted by Gasteiger charge is -2.16. The molecular formula is C27H37IN3O+. The van der Waals surface area contributed by atoms with Crippen molar-refractivity contribution in [2.45, 2.75) is 85.7 Å². The minimum Gasteiger partial charge on any atom is -0.388 e. The Morgan fingerprint density at radius 3 is 1.56 bits per heavy atom. The largest absolute Gasteiger partial charge is 0.388 e. The van der Waals surface area contributed by atoms with Crippen LogP contribution in [0.4, 0.5) is 0 Å². The third-order valence-electron chi connectivity index (χ3n) is 6.12. The second-order valence-electron chi connectivity index (χ2n) is 9.80. The van der Waals surface area contributed by atoms with Crippen molar-refractivity contribution in [2.24, 2.45) is 0 Å². The van der Waals surface area contributed by atoms with Gasteiger partial charge in [0.05, 0.1) is 0 Å². The fourth-order valence-electron chi connectivity index (χ4n) is 4.36. The highest BCUT2D eigenvalue weighted by Crippen LogP contribution is 2.33. The van der Waals surface area contributed by atoms with Crippen LogP contribution in [0.5, 0.6) is 0 Å². The van der Waals surface area contributed by atoms with E-state index in [4.69, 9.17) is 5.21 Å². The van der Waals surface area contributed by atoms with Crippen molar-refractivity contribution in [1.82, 2.24) is 9.90 Å². The average molecular weight is 547 g/mol. The molecular weight excluding hydrogens is 509 g/mol. The van der Waals surface area contributed by atoms with Crippen molar-refractivity contribution in [1.29, 1.82) is 0 Å². The monoisotopic (exact) mass is 546 g/mol. The number of nitrogens with zero attached hydrogens (tertiary/aromatic N) is 3. The molecule has 1 aromatic heterocycles. The van der Waals surface area contributed by atoms with Gasteiger partial charge in [0.15, 0.2) is 11.4 Å². The standard InChI is InChI=1S/C27H37IN3O/c1-16(2)20-11-9-12-21(17(3)4)25(20)30-24(15-32)27(28)31(29-30)26-22(18(5)6)13-10-14-23(26)19(7)8/h9-14,16-19,32H,15H2,1-8H3/q+1. The molecule has 3 rings (SSSR count). The number of para-hydroxylation sites is 2. The maximum Gasteiger partial charge on any atom is 0.239 e. The minimum atomic E-state index is -0.0664. The minimum absolute atomic E-state index is 0.0664. The smallest absolute Gasteiger partial charge is 0.239 e. The summed E-state index contributed by atoms with van der Waals surface area (Å²) < 4.78 is 5.00. The molecule has 32 heavy (non-hydrogen) atoms. The molecule has 1 heterocycles. The van der Waals surface area contributed by atoms with Crippen molar-refractivity contribution >= 4 is 22.6 Å². The fourth-order valence-corrected chi connectivity index (χ4v) is 5.10. The number of aliphatic hydroxyl groups is 1. The highest BCUT2D eigenvalue weighted by atomic mass is 127. The summed E-state index contributed by atoms with van der Waals surface area (Å²) in [6.07, 6.45) is 0. The zero-order valence-corrected chi connectivity index (χ0v) is 22.8. The van der Waals surface area contributed by atoms with E-state index < -0.39 is 0 Å². The molecule has 0 saturated heterocycles. The molecule has 0 amide bonds.